The van der Waals surface area contributed by atoms with E-state index in [1.165, 1.54) is 0 Å². The third-order valence-electron chi connectivity index (χ3n) is 7.33. The monoisotopic (exact) mass is 491 g/mol. The molecule has 0 fully saturated rings. The minimum Gasteiger partial charge on any atom is -0.336 e. The van der Waals surface area contributed by atoms with E-state index < -0.39 is 0 Å². The molecule has 1 aliphatic rings. The molecule has 1 amide bonds. The van der Waals surface area contributed by atoms with E-state index in [1.54, 1.807) is 0 Å². The maximum absolute atomic E-state index is 14.0. The highest BCUT2D eigenvalue weighted by molar-refractivity contribution is 5.84. The fourth-order valence-corrected chi connectivity index (χ4v) is 5.54. The van der Waals surface area contributed by atoms with E-state index >= 15 is 0 Å². The van der Waals surface area contributed by atoms with Crippen molar-refractivity contribution < 1.29 is 4.79 Å². The maximum Gasteiger partial charge on any atom is 0.257 e. The van der Waals surface area contributed by atoms with Gasteiger partial charge in [0.25, 0.3) is 5.56 Å². The Morgan fingerprint density at radius 1 is 0.811 bits per heavy atom. The largest absolute Gasteiger partial charge is 0.336 e. The van der Waals surface area contributed by atoms with Crippen LogP contribution in [0, 0.1) is 12.8 Å². The Kier molecular flexibility index (Phi) is 7.04. The van der Waals surface area contributed by atoms with Gasteiger partial charge in [-0.3, -0.25) is 14.2 Å². The van der Waals surface area contributed by atoms with Gasteiger partial charge in [0, 0.05) is 12.1 Å². The number of rotatable bonds is 6. The van der Waals surface area contributed by atoms with E-state index in [9.17, 15) is 9.59 Å². The molecule has 5 nitrogen and oxygen atoms in total. The van der Waals surface area contributed by atoms with Gasteiger partial charge in [-0.15, -0.1) is 0 Å². The molecular weight excluding hydrogens is 458 g/mol. The SMILES string of the molecule is Cc1nc2c(c(=O)n1C(c1ccccc1)c1ccccc1)CCN(C(=O)C(c1ccccc1)C(C)C)C2. The Morgan fingerprint density at radius 3 is 1.84 bits per heavy atom. The standard InChI is InChI=1S/C32H33N3O2/c1-22(2)29(24-13-7-4-8-14-24)32(37)34-20-19-27-28(21-34)33-23(3)35(31(27)36)30(25-15-9-5-10-16-25)26-17-11-6-12-18-26/h4-18,22,29-30H,19-21H2,1-3H3. The maximum atomic E-state index is 14.0. The van der Waals surface area contributed by atoms with Gasteiger partial charge in [-0.1, -0.05) is 105 Å². The Bertz CT molecular complexity index is 1390. The van der Waals surface area contributed by atoms with E-state index in [1.807, 2.05) is 83.1 Å². The molecule has 5 heteroatoms. The fourth-order valence-electron chi connectivity index (χ4n) is 5.54. The second-order valence-corrected chi connectivity index (χ2v) is 10.1. The third kappa shape index (κ3) is 4.86. The molecular formula is C32H33N3O2. The predicted octanol–water partition coefficient (Wildman–Crippen LogP) is 5.51. The van der Waals surface area contributed by atoms with E-state index in [4.69, 9.17) is 4.98 Å². The number of hydrogen-bond donors (Lipinski definition) is 0. The predicted molar refractivity (Wildman–Crippen MR) is 147 cm³/mol. The number of fused-ring (bicyclic) bond motifs is 1. The summed E-state index contributed by atoms with van der Waals surface area (Å²) < 4.78 is 1.82. The summed E-state index contributed by atoms with van der Waals surface area (Å²) in [5.41, 5.74) is 4.52. The number of nitrogens with zero attached hydrogens (tertiary/aromatic N) is 3. The van der Waals surface area contributed by atoms with Crippen molar-refractivity contribution in [2.45, 2.75) is 45.7 Å². The summed E-state index contributed by atoms with van der Waals surface area (Å²) in [6.07, 6.45) is 0.503. The molecule has 3 aromatic carbocycles. The Balaban J connectivity index is 1.52. The lowest BCUT2D eigenvalue weighted by Crippen LogP contribution is -2.44. The van der Waals surface area contributed by atoms with Crippen LogP contribution in [0.15, 0.2) is 95.8 Å². The van der Waals surface area contributed by atoms with Crippen LogP contribution < -0.4 is 5.56 Å². The highest BCUT2D eigenvalue weighted by Crippen LogP contribution is 2.30. The van der Waals surface area contributed by atoms with E-state index in [2.05, 4.69) is 38.1 Å². The lowest BCUT2D eigenvalue weighted by Gasteiger charge is -2.33. The van der Waals surface area contributed by atoms with Gasteiger partial charge < -0.3 is 4.90 Å². The molecule has 1 atom stereocenters. The molecule has 0 radical (unpaired) electrons. The average molecular weight is 492 g/mol. The molecule has 37 heavy (non-hydrogen) atoms. The van der Waals surface area contributed by atoms with E-state index in [0.717, 1.165) is 16.7 Å². The Morgan fingerprint density at radius 2 is 1.32 bits per heavy atom. The number of benzene rings is 3. The highest BCUT2D eigenvalue weighted by Gasteiger charge is 2.33. The van der Waals surface area contributed by atoms with Gasteiger partial charge >= 0.3 is 0 Å². The summed E-state index contributed by atoms with van der Waals surface area (Å²) >= 11 is 0. The van der Waals surface area contributed by atoms with Gasteiger partial charge in [0.1, 0.15) is 5.82 Å². The van der Waals surface area contributed by atoms with Gasteiger partial charge in [-0.2, -0.15) is 0 Å². The molecule has 0 spiro atoms. The van der Waals surface area contributed by atoms with Crippen LogP contribution in [0.4, 0.5) is 0 Å². The van der Waals surface area contributed by atoms with Crippen LogP contribution in [-0.4, -0.2) is 26.9 Å². The molecule has 0 N–H and O–H groups in total. The molecule has 0 saturated heterocycles. The molecule has 4 aromatic rings. The van der Waals surface area contributed by atoms with Gasteiger partial charge in [0.15, 0.2) is 0 Å². The van der Waals surface area contributed by atoms with Crippen LogP contribution in [-0.2, 0) is 17.8 Å². The lowest BCUT2D eigenvalue weighted by molar-refractivity contribution is -0.134. The molecule has 0 aliphatic carbocycles. The summed E-state index contributed by atoms with van der Waals surface area (Å²) in [6, 6.07) is 29.9. The lowest BCUT2D eigenvalue weighted by atomic mass is 9.86. The first-order chi connectivity index (χ1) is 18.0. The van der Waals surface area contributed by atoms with Gasteiger partial charge in [0.2, 0.25) is 5.91 Å². The molecule has 0 bridgehead atoms. The summed E-state index contributed by atoms with van der Waals surface area (Å²) in [5.74, 6) is 0.697. The quantitative estimate of drug-likeness (QED) is 0.357. The second-order valence-electron chi connectivity index (χ2n) is 10.1. The fraction of sp³-hybridized carbons (Fsp3) is 0.281. The third-order valence-corrected chi connectivity index (χ3v) is 7.33. The van der Waals surface area contributed by atoms with Crippen LogP contribution in [0.2, 0.25) is 0 Å². The first-order valence-corrected chi connectivity index (χ1v) is 13.0. The van der Waals surface area contributed by atoms with Crippen molar-refractivity contribution in [3.05, 3.63) is 135 Å². The molecule has 5 rings (SSSR count). The van der Waals surface area contributed by atoms with Crippen LogP contribution in [0.1, 0.15) is 59.6 Å². The zero-order valence-corrected chi connectivity index (χ0v) is 21.7. The zero-order chi connectivity index (χ0) is 25.9. The topological polar surface area (TPSA) is 55.2 Å². The summed E-state index contributed by atoms with van der Waals surface area (Å²) in [4.78, 5) is 34.5. The average Bonchev–Trinajstić information content (AvgIpc) is 2.92. The Labute approximate surface area is 218 Å². The molecule has 1 unspecified atom stereocenters. The summed E-state index contributed by atoms with van der Waals surface area (Å²) in [5, 5.41) is 0. The zero-order valence-electron chi connectivity index (χ0n) is 21.7. The number of carbonyl (C=O) groups is 1. The second kappa shape index (κ2) is 10.6. The van der Waals surface area contributed by atoms with Gasteiger partial charge in [0.05, 0.1) is 24.2 Å². The van der Waals surface area contributed by atoms with Gasteiger partial charge in [-0.05, 0) is 36.0 Å². The van der Waals surface area contributed by atoms with Crippen LogP contribution in [0.5, 0.6) is 0 Å². The van der Waals surface area contributed by atoms with Gasteiger partial charge in [-0.25, -0.2) is 4.98 Å². The van der Waals surface area contributed by atoms with Crippen molar-refractivity contribution >= 4 is 5.91 Å². The number of amides is 1. The van der Waals surface area contributed by atoms with E-state index in [-0.39, 0.29) is 29.3 Å². The number of aryl methyl sites for hydroxylation is 1. The number of aromatic nitrogens is 2. The normalized spacial score (nSPS) is 14.0. The smallest absolute Gasteiger partial charge is 0.257 e. The van der Waals surface area contributed by atoms with E-state index in [0.29, 0.717) is 36.6 Å². The highest BCUT2D eigenvalue weighted by atomic mass is 16.2. The summed E-state index contributed by atoms with van der Waals surface area (Å²) in [7, 11) is 0. The van der Waals surface area contributed by atoms with Crippen LogP contribution in [0.3, 0.4) is 0 Å². The minimum atomic E-state index is -0.268. The van der Waals surface area contributed by atoms with Crippen molar-refractivity contribution in [2.24, 2.45) is 5.92 Å². The number of carbonyl (C=O) groups excluding carboxylic acids is 1. The first-order valence-electron chi connectivity index (χ1n) is 13.0. The van der Waals surface area contributed by atoms with Crippen molar-refractivity contribution in [1.82, 2.24) is 14.5 Å². The number of hydrogen-bond acceptors (Lipinski definition) is 3. The van der Waals surface area contributed by atoms with Crippen LogP contribution >= 0.6 is 0 Å². The Hall–Kier alpha value is -3.99. The molecule has 0 saturated carbocycles. The summed E-state index contributed by atoms with van der Waals surface area (Å²) in [6.45, 7) is 6.94. The molecule has 188 valence electrons. The van der Waals surface area contributed by atoms with Crippen molar-refractivity contribution in [1.29, 1.82) is 0 Å². The molecule has 1 aliphatic heterocycles. The molecule has 2 heterocycles. The minimum absolute atomic E-state index is 0.0178. The molecule has 1 aromatic heterocycles. The van der Waals surface area contributed by atoms with Crippen molar-refractivity contribution in [2.75, 3.05) is 6.54 Å². The van der Waals surface area contributed by atoms with Crippen LogP contribution in [0.25, 0.3) is 0 Å². The first kappa shape index (κ1) is 24.7. The van der Waals surface area contributed by atoms with Crippen molar-refractivity contribution in [3.63, 3.8) is 0 Å². The van der Waals surface area contributed by atoms with Crippen molar-refractivity contribution in [3.8, 4) is 0 Å².